The van der Waals surface area contributed by atoms with Crippen LogP contribution in [0.5, 0.6) is 0 Å². The van der Waals surface area contributed by atoms with E-state index in [0.29, 0.717) is 12.1 Å². The van der Waals surface area contributed by atoms with Crippen molar-refractivity contribution in [2.45, 2.75) is 56.7 Å². The molecule has 44 heavy (non-hydrogen) atoms. The lowest BCUT2D eigenvalue weighted by atomic mass is 9.57. The van der Waals surface area contributed by atoms with E-state index in [1.54, 1.807) is 24.3 Å². The Hall–Kier alpha value is -3.87. The third-order valence-electron chi connectivity index (χ3n) is 9.25. The predicted molar refractivity (Wildman–Crippen MR) is 156 cm³/mol. The molecule has 4 aromatic rings. The molecule has 1 unspecified atom stereocenters. The van der Waals surface area contributed by atoms with Gasteiger partial charge in [-0.1, -0.05) is 19.1 Å². The van der Waals surface area contributed by atoms with Crippen LogP contribution in [-0.2, 0) is 31.6 Å². The van der Waals surface area contributed by atoms with Crippen LogP contribution in [0.15, 0.2) is 58.8 Å². The Morgan fingerprint density at radius 3 is 2.59 bits per heavy atom. The molecule has 1 aliphatic carbocycles. The highest BCUT2D eigenvalue weighted by atomic mass is 19.4. The second-order valence-corrected chi connectivity index (χ2v) is 12.4. The van der Waals surface area contributed by atoms with Crippen LogP contribution in [0.2, 0.25) is 0 Å². The number of hydrogen-bond acceptors (Lipinski definition) is 5. The van der Waals surface area contributed by atoms with Crippen LogP contribution in [0, 0.1) is 11.8 Å². The SMILES string of the molecule is CN=CC1CC(Cc2nncn2C)(c2cccc(-n3cc4c(C(F)(F)F)cc(CN5CCC(F)(F)C(C)C5)cn4c3=O)c2)C1. The molecule has 1 saturated carbocycles. The van der Waals surface area contributed by atoms with Gasteiger partial charge in [0.1, 0.15) is 12.2 Å². The van der Waals surface area contributed by atoms with Gasteiger partial charge in [0.15, 0.2) is 0 Å². The maximum absolute atomic E-state index is 14.3. The maximum Gasteiger partial charge on any atom is 0.418 e. The van der Waals surface area contributed by atoms with Crippen molar-refractivity contribution in [2.24, 2.45) is 23.9 Å². The number of likely N-dealkylation sites (tertiary alicyclic amines) is 1. The average Bonchev–Trinajstić information content (AvgIpc) is 3.50. The first-order chi connectivity index (χ1) is 20.8. The molecule has 2 aliphatic rings. The number of aromatic nitrogens is 5. The van der Waals surface area contributed by atoms with Crippen LogP contribution in [-0.4, -0.2) is 60.9 Å². The minimum atomic E-state index is -4.73. The topological polar surface area (TPSA) is 72.7 Å². The number of alkyl halides is 5. The van der Waals surface area contributed by atoms with Gasteiger partial charge in [0.25, 0.3) is 5.92 Å². The summed E-state index contributed by atoms with van der Waals surface area (Å²) in [6.45, 7) is 1.57. The number of hydrogen-bond donors (Lipinski definition) is 0. The van der Waals surface area contributed by atoms with Gasteiger partial charge >= 0.3 is 11.9 Å². The number of halogens is 5. The average molecular weight is 616 g/mol. The van der Waals surface area contributed by atoms with Crippen LogP contribution in [0.1, 0.15) is 48.7 Å². The molecule has 6 rings (SSSR count). The van der Waals surface area contributed by atoms with Gasteiger partial charge in [-0.3, -0.25) is 13.9 Å². The summed E-state index contributed by atoms with van der Waals surface area (Å²) in [5.74, 6) is -2.64. The van der Waals surface area contributed by atoms with Gasteiger partial charge in [-0.05, 0) is 48.1 Å². The number of fused-ring (bicyclic) bond motifs is 1. The quantitative estimate of drug-likeness (QED) is 0.209. The highest BCUT2D eigenvalue weighted by Gasteiger charge is 2.46. The summed E-state index contributed by atoms with van der Waals surface area (Å²) in [7, 11) is 3.61. The standard InChI is InChI=1S/C31H34F5N7O/c1-20-15-41(8-7-30(20,32)33)16-21-9-25(31(34,35)36)26-18-42(28(44)43(26)17-21)24-6-4-5-23(10-24)29(11-22(12-29)14-37-2)13-27-39-38-19-40(27)3/h4-6,9-10,14,17-20,22H,7-8,11-13,15-16H2,1-3H3. The van der Waals surface area contributed by atoms with Crippen LogP contribution in [0.4, 0.5) is 22.0 Å². The molecule has 1 aliphatic heterocycles. The van der Waals surface area contributed by atoms with Gasteiger partial charge in [0.2, 0.25) is 0 Å². The zero-order valence-electron chi connectivity index (χ0n) is 24.7. The Kier molecular flexibility index (Phi) is 7.50. The second kappa shape index (κ2) is 10.9. The number of aryl methyl sites for hydroxylation is 1. The Morgan fingerprint density at radius 2 is 1.93 bits per heavy atom. The van der Waals surface area contributed by atoms with Crippen LogP contribution in [0.3, 0.4) is 0 Å². The van der Waals surface area contributed by atoms with Crippen molar-refractivity contribution in [3.8, 4) is 5.69 Å². The van der Waals surface area contributed by atoms with E-state index in [4.69, 9.17) is 0 Å². The second-order valence-electron chi connectivity index (χ2n) is 12.4. The third-order valence-corrected chi connectivity index (χ3v) is 9.25. The zero-order valence-corrected chi connectivity index (χ0v) is 24.7. The normalized spacial score (nSPS) is 24.3. The number of aliphatic imine (C=N–C) groups is 1. The van der Waals surface area contributed by atoms with E-state index < -0.39 is 29.3 Å². The predicted octanol–water partition coefficient (Wildman–Crippen LogP) is 5.31. The largest absolute Gasteiger partial charge is 0.418 e. The van der Waals surface area contributed by atoms with E-state index in [0.717, 1.165) is 34.7 Å². The number of benzene rings is 1. The van der Waals surface area contributed by atoms with Crippen molar-refractivity contribution in [1.82, 2.24) is 28.6 Å². The molecule has 0 bridgehead atoms. The summed E-state index contributed by atoms with van der Waals surface area (Å²) in [5, 5.41) is 8.28. The molecule has 13 heteroatoms. The lowest BCUT2D eigenvalue weighted by molar-refractivity contribution is -0.136. The van der Waals surface area contributed by atoms with Gasteiger partial charge in [-0.2, -0.15) is 13.2 Å². The Labute approximate surface area is 250 Å². The maximum atomic E-state index is 14.3. The molecule has 2 fully saturated rings. The van der Waals surface area contributed by atoms with Crippen molar-refractivity contribution in [1.29, 1.82) is 0 Å². The molecule has 8 nitrogen and oxygen atoms in total. The van der Waals surface area contributed by atoms with Crippen LogP contribution >= 0.6 is 0 Å². The smallest absolute Gasteiger partial charge is 0.321 e. The fraction of sp³-hybridized carbons (Fsp3) is 0.484. The summed E-state index contributed by atoms with van der Waals surface area (Å²) < 4.78 is 75.1. The fourth-order valence-electron chi connectivity index (χ4n) is 6.81. The lowest BCUT2D eigenvalue weighted by Crippen LogP contribution is -2.45. The van der Waals surface area contributed by atoms with E-state index in [1.165, 1.54) is 23.9 Å². The first kappa shape index (κ1) is 30.2. The van der Waals surface area contributed by atoms with E-state index >= 15 is 0 Å². The lowest BCUT2D eigenvalue weighted by Gasteiger charge is -2.47. The molecule has 0 spiro atoms. The third kappa shape index (κ3) is 5.46. The summed E-state index contributed by atoms with van der Waals surface area (Å²) in [5.41, 5.74) is -0.537. The molecule has 0 N–H and O–H groups in total. The molecule has 1 atom stereocenters. The minimum absolute atomic E-state index is 0.0271. The van der Waals surface area contributed by atoms with E-state index in [1.807, 2.05) is 36.0 Å². The molecule has 3 aromatic heterocycles. The summed E-state index contributed by atoms with van der Waals surface area (Å²) >= 11 is 0. The first-order valence-electron chi connectivity index (χ1n) is 14.6. The number of nitrogens with zero attached hydrogens (tertiary/aromatic N) is 7. The summed E-state index contributed by atoms with van der Waals surface area (Å²) in [6.07, 6.45) is 3.30. The number of rotatable bonds is 7. The minimum Gasteiger partial charge on any atom is -0.321 e. The number of imidazole rings is 1. The number of pyridine rings is 1. The first-order valence-corrected chi connectivity index (χ1v) is 14.6. The van der Waals surface area contributed by atoms with Crippen molar-refractivity contribution < 1.29 is 22.0 Å². The zero-order chi connectivity index (χ0) is 31.4. The van der Waals surface area contributed by atoms with E-state index in [2.05, 4.69) is 15.2 Å². The Balaban J connectivity index is 1.38. The molecule has 4 heterocycles. The van der Waals surface area contributed by atoms with E-state index in [-0.39, 0.29) is 48.5 Å². The molecular weight excluding hydrogens is 581 g/mol. The highest BCUT2D eigenvalue weighted by Crippen LogP contribution is 2.49. The Bertz CT molecular complexity index is 1760. The molecule has 0 radical (unpaired) electrons. The monoisotopic (exact) mass is 615 g/mol. The van der Waals surface area contributed by atoms with Crippen molar-refractivity contribution >= 4 is 11.7 Å². The molecule has 0 amide bonds. The molecular formula is C31H34F5N7O. The van der Waals surface area contributed by atoms with Gasteiger partial charge in [-0.15, -0.1) is 10.2 Å². The van der Waals surface area contributed by atoms with Crippen LogP contribution < -0.4 is 5.69 Å². The van der Waals surface area contributed by atoms with Gasteiger partial charge in [0.05, 0.1) is 16.8 Å². The van der Waals surface area contributed by atoms with Crippen LogP contribution in [0.25, 0.3) is 11.2 Å². The van der Waals surface area contributed by atoms with Crippen molar-refractivity contribution in [3.63, 3.8) is 0 Å². The molecule has 1 aromatic carbocycles. The molecule has 234 valence electrons. The fourth-order valence-corrected chi connectivity index (χ4v) is 6.81. The van der Waals surface area contributed by atoms with Gasteiger partial charge in [0, 0.05) is 76.5 Å². The van der Waals surface area contributed by atoms with E-state index in [9.17, 15) is 26.7 Å². The van der Waals surface area contributed by atoms with Gasteiger partial charge in [-0.25, -0.2) is 13.6 Å². The highest BCUT2D eigenvalue weighted by molar-refractivity contribution is 5.64. The van der Waals surface area contributed by atoms with Gasteiger partial charge < -0.3 is 9.56 Å². The number of piperidine rings is 1. The van der Waals surface area contributed by atoms with Crippen molar-refractivity contribution in [2.75, 3.05) is 20.1 Å². The summed E-state index contributed by atoms with van der Waals surface area (Å²) in [6, 6.07) is 8.37. The summed E-state index contributed by atoms with van der Waals surface area (Å²) in [4.78, 5) is 19.6. The molecule has 1 saturated heterocycles. The van der Waals surface area contributed by atoms with Crippen molar-refractivity contribution in [3.05, 3.63) is 82.1 Å². The Morgan fingerprint density at radius 1 is 1.16 bits per heavy atom.